The fourth-order valence-corrected chi connectivity index (χ4v) is 2.19. The molecule has 0 aromatic carbocycles. The van der Waals surface area contributed by atoms with Crippen LogP contribution in [0.3, 0.4) is 0 Å². The molecule has 0 aromatic rings. The molecule has 0 bridgehead atoms. The van der Waals surface area contributed by atoms with Crippen LogP contribution in [0.4, 0.5) is 0 Å². The van der Waals surface area contributed by atoms with Crippen LogP contribution in [0.25, 0.3) is 0 Å². The first-order chi connectivity index (χ1) is 8.98. The Hall–Kier alpha value is -1.84. The van der Waals surface area contributed by atoms with Gasteiger partial charge in [-0.25, -0.2) is 4.79 Å². The van der Waals surface area contributed by atoms with Crippen LogP contribution in [0.1, 0.15) is 33.6 Å². The highest BCUT2D eigenvalue weighted by molar-refractivity contribution is 6.23. The van der Waals surface area contributed by atoms with E-state index in [-0.39, 0.29) is 17.5 Å². The second-order valence-corrected chi connectivity index (χ2v) is 4.95. The van der Waals surface area contributed by atoms with Gasteiger partial charge < -0.3 is 9.47 Å². The van der Waals surface area contributed by atoms with Gasteiger partial charge in [0.1, 0.15) is 17.4 Å². The van der Waals surface area contributed by atoms with E-state index in [1.54, 1.807) is 26.0 Å². The van der Waals surface area contributed by atoms with E-state index in [0.29, 0.717) is 12.2 Å². The average Bonchev–Trinajstić information content (AvgIpc) is 2.57. The van der Waals surface area contributed by atoms with Crippen molar-refractivity contribution in [3.05, 3.63) is 35.6 Å². The maximum atomic E-state index is 12.3. The van der Waals surface area contributed by atoms with E-state index in [1.165, 1.54) is 0 Å². The van der Waals surface area contributed by atoms with Crippen molar-refractivity contribution in [2.45, 2.75) is 45.3 Å². The van der Waals surface area contributed by atoms with Crippen LogP contribution in [0.5, 0.6) is 0 Å². The predicted octanol–water partition coefficient (Wildman–Crippen LogP) is 2.46. The molecule has 0 aliphatic carbocycles. The topological polar surface area (TPSA) is 52.6 Å². The number of ether oxygens (including phenoxy) is 2. The average molecular weight is 262 g/mol. The van der Waals surface area contributed by atoms with Gasteiger partial charge in [-0.2, -0.15) is 0 Å². The zero-order chi connectivity index (χ0) is 14.0. The van der Waals surface area contributed by atoms with Crippen molar-refractivity contribution in [3.63, 3.8) is 0 Å². The van der Waals surface area contributed by atoms with Crippen molar-refractivity contribution < 1.29 is 19.1 Å². The van der Waals surface area contributed by atoms with Crippen LogP contribution in [-0.4, -0.2) is 23.5 Å². The number of carbonyl (C=O) groups is 2. The van der Waals surface area contributed by atoms with Gasteiger partial charge >= 0.3 is 5.97 Å². The van der Waals surface area contributed by atoms with Crippen molar-refractivity contribution in [2.75, 3.05) is 0 Å². The summed E-state index contributed by atoms with van der Waals surface area (Å²) in [6, 6.07) is 0. The minimum absolute atomic E-state index is 0.0738. The molecule has 0 saturated carbocycles. The molecule has 2 aliphatic heterocycles. The first kappa shape index (κ1) is 13.6. The number of cyclic esters (lactones) is 1. The van der Waals surface area contributed by atoms with Gasteiger partial charge in [0.05, 0.1) is 0 Å². The molecule has 0 spiro atoms. The molecule has 0 fully saturated rings. The second kappa shape index (κ2) is 5.03. The lowest BCUT2D eigenvalue weighted by atomic mass is 9.95. The lowest BCUT2D eigenvalue weighted by molar-refractivity contribution is -0.145. The van der Waals surface area contributed by atoms with Crippen LogP contribution in [0.2, 0.25) is 0 Å². The van der Waals surface area contributed by atoms with E-state index < -0.39 is 11.6 Å². The molecule has 2 rings (SSSR count). The third-order valence-corrected chi connectivity index (χ3v) is 3.17. The van der Waals surface area contributed by atoms with E-state index in [0.717, 1.165) is 6.42 Å². The standard InChI is InChI=1S/C15H18O4/c1-4-5-6-7-8-15(3)13(16)12-11(19-15)9-10(2)18-14(12)17/h5-8,10H,4,9H2,1-3H3/b6-5+,8-7+/t10?,15-/m1/s1. The molecule has 2 atom stereocenters. The number of allylic oxidation sites excluding steroid dienone is 3. The zero-order valence-corrected chi connectivity index (χ0v) is 11.4. The Labute approximate surface area is 112 Å². The summed E-state index contributed by atoms with van der Waals surface area (Å²) in [6.45, 7) is 5.48. The summed E-state index contributed by atoms with van der Waals surface area (Å²) in [5.74, 6) is -0.430. The van der Waals surface area contributed by atoms with Crippen molar-refractivity contribution in [1.82, 2.24) is 0 Å². The third-order valence-electron chi connectivity index (χ3n) is 3.17. The van der Waals surface area contributed by atoms with Gasteiger partial charge in [0.2, 0.25) is 5.78 Å². The Morgan fingerprint density at radius 2 is 2.11 bits per heavy atom. The lowest BCUT2D eigenvalue weighted by Gasteiger charge is -2.21. The number of ketones is 1. The molecule has 0 saturated heterocycles. The molecule has 1 unspecified atom stereocenters. The molecule has 2 aliphatic rings. The highest BCUT2D eigenvalue weighted by Crippen LogP contribution is 2.37. The summed E-state index contributed by atoms with van der Waals surface area (Å²) in [4.78, 5) is 24.0. The van der Waals surface area contributed by atoms with Crippen LogP contribution < -0.4 is 0 Å². The number of Topliss-reactive ketones (excluding diaryl/α,β-unsaturated/α-hetero) is 1. The third kappa shape index (κ3) is 2.48. The Kier molecular flexibility index (Phi) is 3.60. The smallest absolute Gasteiger partial charge is 0.345 e. The molecule has 2 heterocycles. The Balaban J connectivity index is 2.22. The molecule has 0 radical (unpaired) electrons. The quantitative estimate of drug-likeness (QED) is 0.445. The molecule has 102 valence electrons. The van der Waals surface area contributed by atoms with Crippen LogP contribution >= 0.6 is 0 Å². The number of hydrogen-bond donors (Lipinski definition) is 0. The highest BCUT2D eigenvalue weighted by atomic mass is 16.6. The van der Waals surface area contributed by atoms with E-state index in [9.17, 15) is 9.59 Å². The molecule has 0 amide bonds. The van der Waals surface area contributed by atoms with Gasteiger partial charge in [-0.15, -0.1) is 0 Å². The van der Waals surface area contributed by atoms with Gasteiger partial charge in [-0.1, -0.05) is 25.2 Å². The van der Waals surface area contributed by atoms with Crippen molar-refractivity contribution in [2.24, 2.45) is 0 Å². The number of hydrogen-bond acceptors (Lipinski definition) is 4. The Morgan fingerprint density at radius 3 is 2.79 bits per heavy atom. The first-order valence-corrected chi connectivity index (χ1v) is 6.50. The minimum atomic E-state index is -1.09. The Morgan fingerprint density at radius 1 is 1.37 bits per heavy atom. The summed E-state index contributed by atoms with van der Waals surface area (Å²) in [5, 5.41) is 0. The zero-order valence-electron chi connectivity index (χ0n) is 11.4. The number of esters is 1. The SMILES string of the molecule is CC/C=C/C=C/[C@@]1(C)OC2=C(C(=O)OC(C)C2)C1=O. The van der Waals surface area contributed by atoms with Crippen molar-refractivity contribution in [3.8, 4) is 0 Å². The van der Waals surface area contributed by atoms with Gasteiger partial charge in [-0.3, -0.25) is 4.79 Å². The molecule has 19 heavy (non-hydrogen) atoms. The van der Waals surface area contributed by atoms with Crippen LogP contribution in [-0.2, 0) is 19.1 Å². The van der Waals surface area contributed by atoms with Gasteiger partial charge in [0.15, 0.2) is 5.60 Å². The molecule has 0 N–H and O–H groups in total. The van der Waals surface area contributed by atoms with Gasteiger partial charge in [-0.05, 0) is 26.3 Å². The molecule has 0 aromatic heterocycles. The van der Waals surface area contributed by atoms with E-state index in [1.807, 2.05) is 19.1 Å². The van der Waals surface area contributed by atoms with Crippen LogP contribution in [0, 0.1) is 0 Å². The summed E-state index contributed by atoms with van der Waals surface area (Å²) in [6.07, 6.45) is 8.43. The van der Waals surface area contributed by atoms with Gasteiger partial charge in [0.25, 0.3) is 0 Å². The van der Waals surface area contributed by atoms with Crippen molar-refractivity contribution >= 4 is 11.8 Å². The fourth-order valence-electron chi connectivity index (χ4n) is 2.19. The largest absolute Gasteiger partial charge is 0.478 e. The number of rotatable bonds is 3. The summed E-state index contributed by atoms with van der Waals surface area (Å²) < 4.78 is 10.8. The van der Waals surface area contributed by atoms with Crippen LogP contribution in [0.15, 0.2) is 35.6 Å². The highest BCUT2D eigenvalue weighted by Gasteiger charge is 2.49. The second-order valence-electron chi connectivity index (χ2n) is 4.95. The fraction of sp³-hybridized carbons (Fsp3) is 0.467. The van der Waals surface area contributed by atoms with Gasteiger partial charge in [0, 0.05) is 6.42 Å². The maximum absolute atomic E-state index is 12.3. The normalized spacial score (nSPS) is 31.0. The summed E-state index contributed by atoms with van der Waals surface area (Å²) in [5.41, 5.74) is -1.02. The molecular formula is C15H18O4. The lowest BCUT2D eigenvalue weighted by Crippen LogP contribution is -2.33. The molecule has 4 nitrogen and oxygen atoms in total. The molecular weight excluding hydrogens is 244 g/mol. The number of carbonyl (C=O) groups excluding carboxylic acids is 2. The van der Waals surface area contributed by atoms with E-state index in [4.69, 9.17) is 9.47 Å². The van der Waals surface area contributed by atoms with E-state index >= 15 is 0 Å². The Bertz CT molecular complexity index is 498. The summed E-state index contributed by atoms with van der Waals surface area (Å²) >= 11 is 0. The first-order valence-electron chi connectivity index (χ1n) is 6.50. The summed E-state index contributed by atoms with van der Waals surface area (Å²) in [7, 11) is 0. The molecule has 4 heteroatoms. The van der Waals surface area contributed by atoms with Crippen molar-refractivity contribution in [1.29, 1.82) is 0 Å². The maximum Gasteiger partial charge on any atom is 0.345 e. The minimum Gasteiger partial charge on any atom is -0.478 e. The van der Waals surface area contributed by atoms with E-state index in [2.05, 4.69) is 0 Å². The monoisotopic (exact) mass is 262 g/mol. The predicted molar refractivity (Wildman–Crippen MR) is 70.3 cm³/mol.